The molecule has 0 aliphatic heterocycles. The molecule has 0 radical (unpaired) electrons. The summed E-state index contributed by atoms with van der Waals surface area (Å²) in [4.78, 5) is 20.5. The fraction of sp³-hybridized carbons (Fsp3) is 0.381. The van der Waals surface area contributed by atoms with Crippen LogP contribution in [0, 0.1) is 0 Å². The molecule has 1 aromatic carbocycles. The van der Waals surface area contributed by atoms with Crippen LogP contribution in [0.25, 0.3) is 0 Å². The Balaban J connectivity index is 1.87. The number of benzene rings is 1. The standard InChI is InChI=1S/C21H29N5O2/c1-3-22-20(27)16-28-19-10-7-8-17(14-19)15-26-21(23-4-2)25-13-11-18-9-5-6-12-24-18/h5-10,12,14H,3-4,11,13,15-16H2,1-2H3,(H,22,27)(H2,23,25,26). The molecule has 150 valence electrons. The van der Waals surface area contributed by atoms with Crippen molar-refractivity contribution in [2.45, 2.75) is 26.8 Å². The summed E-state index contributed by atoms with van der Waals surface area (Å²) in [7, 11) is 0. The van der Waals surface area contributed by atoms with Crippen LogP contribution in [-0.4, -0.2) is 43.1 Å². The highest BCUT2D eigenvalue weighted by molar-refractivity contribution is 5.79. The van der Waals surface area contributed by atoms with Crippen molar-refractivity contribution >= 4 is 11.9 Å². The summed E-state index contributed by atoms with van der Waals surface area (Å²) in [5.41, 5.74) is 2.05. The van der Waals surface area contributed by atoms with Gasteiger partial charge >= 0.3 is 0 Å². The second-order valence-corrected chi connectivity index (χ2v) is 6.08. The predicted octanol–water partition coefficient (Wildman–Crippen LogP) is 1.89. The summed E-state index contributed by atoms with van der Waals surface area (Å²) in [6, 6.07) is 13.5. The van der Waals surface area contributed by atoms with Gasteiger partial charge in [-0.05, 0) is 43.7 Å². The number of carbonyl (C=O) groups is 1. The van der Waals surface area contributed by atoms with E-state index in [2.05, 4.69) is 25.9 Å². The fourth-order valence-corrected chi connectivity index (χ4v) is 2.50. The lowest BCUT2D eigenvalue weighted by molar-refractivity contribution is -0.122. The lowest BCUT2D eigenvalue weighted by Gasteiger charge is -2.11. The molecule has 7 heteroatoms. The molecule has 1 heterocycles. The molecule has 1 amide bonds. The van der Waals surface area contributed by atoms with Crippen molar-refractivity contribution in [2.75, 3.05) is 26.2 Å². The van der Waals surface area contributed by atoms with Crippen LogP contribution in [0.4, 0.5) is 0 Å². The SMILES string of the molecule is CCNC(=O)COc1cccc(CN=C(NCC)NCCc2ccccn2)c1. The van der Waals surface area contributed by atoms with Crippen LogP contribution in [0.15, 0.2) is 53.7 Å². The highest BCUT2D eigenvalue weighted by atomic mass is 16.5. The highest BCUT2D eigenvalue weighted by Crippen LogP contribution is 2.14. The zero-order valence-electron chi connectivity index (χ0n) is 16.6. The van der Waals surface area contributed by atoms with Crippen molar-refractivity contribution in [1.82, 2.24) is 20.9 Å². The maximum absolute atomic E-state index is 11.5. The molecule has 1 aromatic heterocycles. The van der Waals surface area contributed by atoms with Crippen LogP contribution in [0.3, 0.4) is 0 Å². The molecule has 2 rings (SSSR count). The van der Waals surface area contributed by atoms with E-state index in [1.807, 2.05) is 56.3 Å². The second kappa shape index (κ2) is 12.3. The number of aliphatic imine (C=N–C) groups is 1. The van der Waals surface area contributed by atoms with Crippen molar-refractivity contribution in [3.05, 3.63) is 59.9 Å². The van der Waals surface area contributed by atoms with Crippen molar-refractivity contribution < 1.29 is 9.53 Å². The number of guanidine groups is 1. The Bertz CT molecular complexity index is 749. The lowest BCUT2D eigenvalue weighted by atomic mass is 10.2. The third-order valence-corrected chi connectivity index (χ3v) is 3.81. The minimum absolute atomic E-state index is 0.0122. The second-order valence-electron chi connectivity index (χ2n) is 6.08. The number of carbonyl (C=O) groups excluding carboxylic acids is 1. The van der Waals surface area contributed by atoms with Crippen molar-refractivity contribution in [1.29, 1.82) is 0 Å². The number of pyridine rings is 1. The summed E-state index contributed by atoms with van der Waals surface area (Å²) in [5.74, 6) is 1.29. The minimum Gasteiger partial charge on any atom is -0.484 e. The van der Waals surface area contributed by atoms with E-state index in [-0.39, 0.29) is 12.5 Å². The zero-order valence-corrected chi connectivity index (χ0v) is 16.6. The molecule has 0 bridgehead atoms. The molecule has 2 aromatic rings. The van der Waals surface area contributed by atoms with Crippen LogP contribution >= 0.6 is 0 Å². The van der Waals surface area contributed by atoms with E-state index in [1.54, 1.807) is 6.20 Å². The van der Waals surface area contributed by atoms with E-state index in [0.717, 1.165) is 36.7 Å². The molecular formula is C21H29N5O2. The number of amides is 1. The Morgan fingerprint density at radius 2 is 1.93 bits per heavy atom. The maximum Gasteiger partial charge on any atom is 0.257 e. The van der Waals surface area contributed by atoms with Crippen molar-refractivity contribution in [2.24, 2.45) is 4.99 Å². The third kappa shape index (κ3) is 8.07. The van der Waals surface area contributed by atoms with Gasteiger partial charge in [-0.2, -0.15) is 0 Å². The molecule has 0 aliphatic rings. The van der Waals surface area contributed by atoms with Crippen LogP contribution in [0.1, 0.15) is 25.1 Å². The molecule has 0 atom stereocenters. The predicted molar refractivity (Wildman–Crippen MR) is 111 cm³/mol. The molecule has 0 unspecified atom stereocenters. The molecule has 0 spiro atoms. The highest BCUT2D eigenvalue weighted by Gasteiger charge is 2.03. The van der Waals surface area contributed by atoms with Gasteiger partial charge in [-0.15, -0.1) is 0 Å². The Kier molecular flexibility index (Phi) is 9.34. The topological polar surface area (TPSA) is 87.6 Å². The van der Waals surface area contributed by atoms with Crippen molar-refractivity contribution in [3.63, 3.8) is 0 Å². The molecular weight excluding hydrogens is 354 g/mol. The number of likely N-dealkylation sites (N-methyl/N-ethyl adjacent to an activating group) is 1. The summed E-state index contributed by atoms with van der Waals surface area (Å²) in [5, 5.41) is 9.27. The van der Waals surface area contributed by atoms with E-state index < -0.39 is 0 Å². The van der Waals surface area contributed by atoms with Crippen LogP contribution in [0.2, 0.25) is 0 Å². The van der Waals surface area contributed by atoms with Gasteiger partial charge in [0.15, 0.2) is 12.6 Å². The van der Waals surface area contributed by atoms with Gasteiger partial charge < -0.3 is 20.7 Å². The van der Waals surface area contributed by atoms with Gasteiger partial charge in [0.1, 0.15) is 5.75 Å². The van der Waals surface area contributed by atoms with Crippen LogP contribution in [0.5, 0.6) is 5.75 Å². The van der Waals surface area contributed by atoms with Gasteiger partial charge in [0.05, 0.1) is 6.54 Å². The first-order valence-electron chi connectivity index (χ1n) is 9.61. The quantitative estimate of drug-likeness (QED) is 0.431. The number of ether oxygens (including phenoxy) is 1. The molecule has 0 aliphatic carbocycles. The first-order chi connectivity index (χ1) is 13.7. The van der Waals surface area contributed by atoms with E-state index in [0.29, 0.717) is 18.8 Å². The fourth-order valence-electron chi connectivity index (χ4n) is 2.50. The third-order valence-electron chi connectivity index (χ3n) is 3.81. The zero-order chi connectivity index (χ0) is 20.0. The Morgan fingerprint density at radius 1 is 1.07 bits per heavy atom. The maximum atomic E-state index is 11.5. The Morgan fingerprint density at radius 3 is 2.68 bits per heavy atom. The number of rotatable bonds is 10. The number of hydrogen-bond acceptors (Lipinski definition) is 4. The summed E-state index contributed by atoms with van der Waals surface area (Å²) in [6.07, 6.45) is 2.63. The first kappa shape index (κ1) is 21.2. The Labute approximate surface area is 166 Å². The molecule has 28 heavy (non-hydrogen) atoms. The average molecular weight is 383 g/mol. The number of aromatic nitrogens is 1. The van der Waals surface area contributed by atoms with Gasteiger partial charge in [-0.1, -0.05) is 18.2 Å². The summed E-state index contributed by atoms with van der Waals surface area (Å²) < 4.78 is 5.53. The normalized spacial score (nSPS) is 11.0. The minimum atomic E-state index is -0.127. The van der Waals surface area contributed by atoms with Gasteiger partial charge in [0.2, 0.25) is 0 Å². The van der Waals surface area contributed by atoms with Crippen LogP contribution < -0.4 is 20.7 Å². The van der Waals surface area contributed by atoms with Gasteiger partial charge in [-0.3, -0.25) is 9.78 Å². The van der Waals surface area contributed by atoms with Crippen LogP contribution in [-0.2, 0) is 17.8 Å². The van der Waals surface area contributed by atoms with E-state index >= 15 is 0 Å². The Hall–Kier alpha value is -3.09. The lowest BCUT2D eigenvalue weighted by Crippen LogP contribution is -2.38. The van der Waals surface area contributed by atoms with Gasteiger partial charge in [0, 0.05) is 37.9 Å². The van der Waals surface area contributed by atoms with Gasteiger partial charge in [0.25, 0.3) is 5.91 Å². The largest absolute Gasteiger partial charge is 0.484 e. The number of hydrogen-bond donors (Lipinski definition) is 3. The van der Waals surface area contributed by atoms with E-state index in [4.69, 9.17) is 4.74 Å². The molecule has 7 nitrogen and oxygen atoms in total. The van der Waals surface area contributed by atoms with Crippen molar-refractivity contribution in [3.8, 4) is 5.75 Å². The van der Waals surface area contributed by atoms with Gasteiger partial charge in [-0.25, -0.2) is 4.99 Å². The number of nitrogens with zero attached hydrogens (tertiary/aromatic N) is 2. The first-order valence-corrected chi connectivity index (χ1v) is 9.61. The smallest absolute Gasteiger partial charge is 0.257 e. The monoisotopic (exact) mass is 383 g/mol. The van der Waals surface area contributed by atoms with E-state index in [1.165, 1.54) is 0 Å². The molecule has 0 saturated carbocycles. The molecule has 0 fully saturated rings. The molecule has 0 saturated heterocycles. The molecule has 3 N–H and O–H groups in total. The number of nitrogens with one attached hydrogen (secondary N) is 3. The summed E-state index contributed by atoms with van der Waals surface area (Å²) >= 11 is 0. The summed E-state index contributed by atoms with van der Waals surface area (Å²) in [6.45, 7) is 6.56. The van der Waals surface area contributed by atoms with E-state index in [9.17, 15) is 4.79 Å². The average Bonchev–Trinajstić information content (AvgIpc) is 2.72.